The third-order valence-corrected chi connectivity index (χ3v) is 4.98. The van der Waals surface area contributed by atoms with Crippen LogP contribution in [-0.2, 0) is 6.54 Å². The molecule has 2 N–H and O–H groups in total. The van der Waals surface area contributed by atoms with Crippen molar-refractivity contribution in [3.05, 3.63) is 44.9 Å². The zero-order chi connectivity index (χ0) is 14.8. The van der Waals surface area contributed by atoms with Gasteiger partial charge in [0, 0.05) is 4.88 Å². The number of H-pyrrole nitrogens is 1. The van der Waals surface area contributed by atoms with Crippen molar-refractivity contribution in [1.82, 2.24) is 20.5 Å². The van der Waals surface area contributed by atoms with E-state index < -0.39 is 0 Å². The van der Waals surface area contributed by atoms with Gasteiger partial charge in [0.2, 0.25) is 0 Å². The predicted octanol–water partition coefficient (Wildman–Crippen LogP) is 3.14. The van der Waals surface area contributed by atoms with Gasteiger partial charge in [0.15, 0.2) is 5.69 Å². The summed E-state index contributed by atoms with van der Waals surface area (Å²) in [4.78, 5) is 18.6. The van der Waals surface area contributed by atoms with Crippen molar-refractivity contribution >= 4 is 28.6 Å². The van der Waals surface area contributed by atoms with Crippen molar-refractivity contribution in [3.63, 3.8) is 0 Å². The van der Waals surface area contributed by atoms with E-state index in [1.807, 2.05) is 31.4 Å². The fourth-order valence-corrected chi connectivity index (χ4v) is 3.55. The summed E-state index contributed by atoms with van der Waals surface area (Å²) < 4.78 is 0. The molecule has 0 spiro atoms. The Morgan fingerprint density at radius 1 is 1.43 bits per heavy atom. The lowest BCUT2D eigenvalue weighted by molar-refractivity contribution is 0.0946. The summed E-state index contributed by atoms with van der Waals surface area (Å²) >= 11 is 3.21. The molecule has 0 atom stereocenters. The molecule has 0 aliphatic heterocycles. The molecule has 5 nitrogen and oxygen atoms in total. The Morgan fingerprint density at radius 3 is 2.95 bits per heavy atom. The number of thiazole rings is 1. The molecule has 3 heterocycles. The molecular formula is C14H14N4OS2. The van der Waals surface area contributed by atoms with Crippen LogP contribution in [0.4, 0.5) is 0 Å². The number of hydrogen-bond donors (Lipinski definition) is 2. The highest BCUT2D eigenvalue weighted by atomic mass is 32.1. The SMILES string of the molecule is Cc1nc(C)c(CNC(=O)c2cc(-c3cccs3)[nH]n2)s1. The standard InChI is InChI=1S/C14H14N4OS2/c1-8-13(21-9(2)16-8)7-15-14(19)11-6-10(17-18-11)12-4-3-5-20-12/h3-6H,7H2,1-2H3,(H,15,19)(H,17,18). The number of thiophene rings is 1. The lowest BCUT2D eigenvalue weighted by Crippen LogP contribution is -2.23. The fourth-order valence-electron chi connectivity index (χ4n) is 1.98. The van der Waals surface area contributed by atoms with Gasteiger partial charge in [0.05, 0.1) is 27.8 Å². The van der Waals surface area contributed by atoms with E-state index in [9.17, 15) is 4.79 Å². The maximum Gasteiger partial charge on any atom is 0.272 e. The number of aromatic amines is 1. The summed E-state index contributed by atoms with van der Waals surface area (Å²) in [7, 11) is 0. The van der Waals surface area contributed by atoms with E-state index in [1.165, 1.54) is 0 Å². The molecule has 3 rings (SSSR count). The number of rotatable bonds is 4. The van der Waals surface area contributed by atoms with E-state index in [1.54, 1.807) is 28.7 Å². The largest absolute Gasteiger partial charge is 0.346 e. The fraction of sp³-hybridized carbons (Fsp3) is 0.214. The van der Waals surface area contributed by atoms with Crippen LogP contribution in [0, 0.1) is 13.8 Å². The number of carbonyl (C=O) groups excluding carboxylic acids is 1. The minimum Gasteiger partial charge on any atom is -0.346 e. The second-order valence-corrected chi connectivity index (χ2v) is 6.80. The van der Waals surface area contributed by atoms with Gasteiger partial charge in [-0.2, -0.15) is 5.10 Å². The molecule has 3 aromatic rings. The van der Waals surface area contributed by atoms with Crippen LogP contribution in [0.3, 0.4) is 0 Å². The monoisotopic (exact) mass is 318 g/mol. The summed E-state index contributed by atoms with van der Waals surface area (Å²) in [6, 6.07) is 5.73. The molecule has 108 valence electrons. The van der Waals surface area contributed by atoms with Crippen LogP contribution in [0.2, 0.25) is 0 Å². The zero-order valence-corrected chi connectivity index (χ0v) is 13.3. The predicted molar refractivity (Wildman–Crippen MR) is 84.7 cm³/mol. The number of aromatic nitrogens is 3. The van der Waals surface area contributed by atoms with Gasteiger partial charge in [-0.05, 0) is 31.4 Å². The van der Waals surface area contributed by atoms with Crippen LogP contribution in [-0.4, -0.2) is 21.1 Å². The summed E-state index contributed by atoms with van der Waals surface area (Å²) in [5.41, 5.74) is 2.23. The van der Waals surface area contributed by atoms with Crippen LogP contribution in [0.1, 0.15) is 26.1 Å². The Kier molecular flexibility index (Phi) is 3.85. The topological polar surface area (TPSA) is 70.7 Å². The van der Waals surface area contributed by atoms with E-state index in [4.69, 9.17) is 0 Å². The van der Waals surface area contributed by atoms with Gasteiger partial charge in [0.25, 0.3) is 5.91 Å². The van der Waals surface area contributed by atoms with Crippen molar-refractivity contribution in [2.75, 3.05) is 0 Å². The van der Waals surface area contributed by atoms with Gasteiger partial charge < -0.3 is 5.32 Å². The first-order valence-corrected chi connectivity index (χ1v) is 8.13. The number of nitrogens with zero attached hydrogens (tertiary/aromatic N) is 2. The molecule has 0 bridgehead atoms. The minimum atomic E-state index is -0.181. The maximum atomic E-state index is 12.1. The molecule has 0 aliphatic carbocycles. The quantitative estimate of drug-likeness (QED) is 0.776. The molecule has 0 fully saturated rings. The Hall–Kier alpha value is -1.99. The summed E-state index contributed by atoms with van der Waals surface area (Å²) in [6.45, 7) is 4.40. The van der Waals surface area contributed by atoms with Crippen LogP contribution in [0.25, 0.3) is 10.6 Å². The normalized spacial score (nSPS) is 10.8. The molecule has 0 saturated carbocycles. The van der Waals surface area contributed by atoms with Gasteiger partial charge in [-0.3, -0.25) is 9.89 Å². The highest BCUT2D eigenvalue weighted by Crippen LogP contribution is 2.23. The molecule has 1 amide bonds. The van der Waals surface area contributed by atoms with Crippen molar-refractivity contribution in [1.29, 1.82) is 0 Å². The first kappa shape index (κ1) is 14.0. The van der Waals surface area contributed by atoms with Gasteiger partial charge in [-0.25, -0.2) is 4.98 Å². The second kappa shape index (κ2) is 5.79. The van der Waals surface area contributed by atoms with Crippen LogP contribution >= 0.6 is 22.7 Å². The van der Waals surface area contributed by atoms with Gasteiger partial charge in [-0.1, -0.05) is 6.07 Å². The Morgan fingerprint density at radius 2 is 2.29 bits per heavy atom. The molecule has 0 saturated heterocycles. The Labute approximate surface area is 130 Å². The van der Waals surface area contributed by atoms with Crippen LogP contribution < -0.4 is 5.32 Å². The third-order valence-electron chi connectivity index (χ3n) is 3.01. The van der Waals surface area contributed by atoms with E-state index in [0.29, 0.717) is 12.2 Å². The second-order valence-electron chi connectivity index (χ2n) is 4.57. The molecule has 21 heavy (non-hydrogen) atoms. The molecule has 0 unspecified atom stereocenters. The average Bonchev–Trinajstić information content (AvgIpc) is 3.16. The van der Waals surface area contributed by atoms with Crippen molar-refractivity contribution in [3.8, 4) is 10.6 Å². The number of carbonyl (C=O) groups is 1. The molecule has 0 aliphatic rings. The van der Waals surface area contributed by atoms with E-state index >= 15 is 0 Å². The van der Waals surface area contributed by atoms with Crippen LogP contribution in [0.5, 0.6) is 0 Å². The first-order valence-electron chi connectivity index (χ1n) is 6.44. The van der Waals surface area contributed by atoms with Crippen LogP contribution in [0.15, 0.2) is 23.6 Å². The summed E-state index contributed by atoms with van der Waals surface area (Å²) in [5, 5.41) is 12.8. The number of hydrogen-bond acceptors (Lipinski definition) is 5. The van der Waals surface area contributed by atoms with E-state index in [0.717, 1.165) is 26.1 Å². The highest BCUT2D eigenvalue weighted by molar-refractivity contribution is 7.13. The number of nitrogens with one attached hydrogen (secondary N) is 2. The molecule has 0 radical (unpaired) electrons. The summed E-state index contributed by atoms with van der Waals surface area (Å²) in [6.07, 6.45) is 0. The zero-order valence-electron chi connectivity index (χ0n) is 11.6. The van der Waals surface area contributed by atoms with Gasteiger partial charge in [0.1, 0.15) is 0 Å². The smallest absolute Gasteiger partial charge is 0.272 e. The van der Waals surface area contributed by atoms with E-state index in [2.05, 4.69) is 20.5 Å². The molecule has 7 heteroatoms. The average molecular weight is 318 g/mol. The number of amides is 1. The van der Waals surface area contributed by atoms with Crippen molar-refractivity contribution < 1.29 is 4.79 Å². The molecule has 0 aromatic carbocycles. The lowest BCUT2D eigenvalue weighted by atomic mass is 10.3. The van der Waals surface area contributed by atoms with Gasteiger partial charge >= 0.3 is 0 Å². The lowest BCUT2D eigenvalue weighted by Gasteiger charge is -2.01. The minimum absolute atomic E-state index is 0.181. The maximum absolute atomic E-state index is 12.1. The van der Waals surface area contributed by atoms with E-state index in [-0.39, 0.29) is 5.91 Å². The van der Waals surface area contributed by atoms with Crippen molar-refractivity contribution in [2.24, 2.45) is 0 Å². The molecular weight excluding hydrogens is 304 g/mol. The third kappa shape index (κ3) is 3.03. The van der Waals surface area contributed by atoms with Crippen molar-refractivity contribution in [2.45, 2.75) is 20.4 Å². The van der Waals surface area contributed by atoms with Gasteiger partial charge in [-0.15, -0.1) is 22.7 Å². The number of aryl methyl sites for hydroxylation is 2. The summed E-state index contributed by atoms with van der Waals surface area (Å²) in [5.74, 6) is -0.181. The highest BCUT2D eigenvalue weighted by Gasteiger charge is 2.13. The Balaban J connectivity index is 1.67. The Bertz CT molecular complexity index is 758. The molecule has 3 aromatic heterocycles. The first-order chi connectivity index (χ1) is 10.1.